The van der Waals surface area contributed by atoms with Crippen molar-refractivity contribution in [2.45, 2.75) is 25.3 Å². The van der Waals surface area contributed by atoms with Crippen LogP contribution in [0, 0.1) is 12.7 Å². The predicted molar refractivity (Wildman–Crippen MR) is 99.3 cm³/mol. The van der Waals surface area contributed by atoms with Crippen LogP contribution in [0.2, 0.25) is 0 Å². The summed E-state index contributed by atoms with van der Waals surface area (Å²) < 4.78 is 80.3. The van der Waals surface area contributed by atoms with Crippen molar-refractivity contribution < 1.29 is 31.4 Å². The number of alkyl halides is 5. The van der Waals surface area contributed by atoms with Crippen LogP contribution in [0.1, 0.15) is 22.9 Å². The van der Waals surface area contributed by atoms with Gasteiger partial charge in [0.2, 0.25) is 0 Å². The van der Waals surface area contributed by atoms with Gasteiger partial charge in [-0.1, -0.05) is 30.3 Å². The molecular formula is C21H16F6N2O. The molecule has 3 nitrogen and oxygen atoms in total. The molecule has 3 aromatic rings. The highest BCUT2D eigenvalue weighted by Crippen LogP contribution is 2.40. The van der Waals surface area contributed by atoms with Gasteiger partial charge in [-0.3, -0.25) is 10.3 Å². The molecule has 0 aliphatic carbocycles. The van der Waals surface area contributed by atoms with Gasteiger partial charge in [0.05, 0.1) is 0 Å². The molecule has 2 aromatic carbocycles. The summed E-state index contributed by atoms with van der Waals surface area (Å²) in [5.74, 6) is -4.82. The maximum Gasteiger partial charge on any atom is 0.482 e. The molecule has 0 saturated heterocycles. The summed E-state index contributed by atoms with van der Waals surface area (Å²) in [6.45, 7) is 1.59. The van der Waals surface area contributed by atoms with Crippen LogP contribution in [0.3, 0.4) is 0 Å². The lowest BCUT2D eigenvalue weighted by atomic mass is 9.98. The molecule has 0 unspecified atom stereocenters. The number of benzene rings is 2. The Morgan fingerprint density at radius 2 is 1.53 bits per heavy atom. The average Bonchev–Trinajstić information content (AvgIpc) is 2.67. The van der Waals surface area contributed by atoms with Gasteiger partial charge in [-0.05, 0) is 42.3 Å². The molecular weight excluding hydrogens is 410 g/mol. The molecule has 158 valence electrons. The highest BCUT2D eigenvalue weighted by atomic mass is 19.4. The Balaban J connectivity index is 1.82. The van der Waals surface area contributed by atoms with Crippen LogP contribution in [0.15, 0.2) is 60.8 Å². The zero-order valence-electron chi connectivity index (χ0n) is 15.5. The third-order valence-electron chi connectivity index (χ3n) is 4.40. The number of pyridine rings is 1. The standard InChI is InChI=1S/C21H16F6N2O/c1-12-2-8-16(17(22)10-12)19(30)20(23,24)18-9-5-14(11-28-18)13-3-6-15(7-4-13)29-21(25,26)27/h2-11,19,29-30H,1H3/t19-/m0/s1. The van der Waals surface area contributed by atoms with Gasteiger partial charge in [0.15, 0.2) is 6.10 Å². The third kappa shape index (κ3) is 4.73. The first kappa shape index (κ1) is 21.6. The minimum Gasteiger partial charge on any atom is -0.382 e. The van der Waals surface area contributed by atoms with Crippen molar-refractivity contribution in [3.63, 3.8) is 0 Å². The zero-order chi connectivity index (χ0) is 22.1. The fourth-order valence-corrected chi connectivity index (χ4v) is 2.86. The van der Waals surface area contributed by atoms with Crippen LogP contribution in [-0.4, -0.2) is 16.4 Å². The number of aromatic nitrogens is 1. The number of nitrogens with zero attached hydrogens (tertiary/aromatic N) is 1. The molecule has 0 aliphatic rings. The van der Waals surface area contributed by atoms with E-state index < -0.39 is 35.4 Å². The summed E-state index contributed by atoms with van der Waals surface area (Å²) in [7, 11) is 0. The van der Waals surface area contributed by atoms with E-state index >= 15 is 0 Å². The summed E-state index contributed by atoms with van der Waals surface area (Å²) in [5, 5.41) is 11.4. The van der Waals surface area contributed by atoms with E-state index in [-0.39, 0.29) is 5.69 Å². The van der Waals surface area contributed by atoms with Crippen LogP contribution < -0.4 is 5.32 Å². The van der Waals surface area contributed by atoms with Crippen molar-refractivity contribution in [3.05, 3.63) is 83.4 Å². The molecule has 0 spiro atoms. The van der Waals surface area contributed by atoms with Crippen molar-refractivity contribution in [2.24, 2.45) is 0 Å². The molecule has 0 bridgehead atoms. The molecule has 1 heterocycles. The maximum absolute atomic E-state index is 14.7. The van der Waals surface area contributed by atoms with Gasteiger partial charge in [-0.2, -0.15) is 22.0 Å². The molecule has 9 heteroatoms. The Morgan fingerprint density at radius 1 is 0.900 bits per heavy atom. The van der Waals surface area contributed by atoms with Crippen LogP contribution >= 0.6 is 0 Å². The van der Waals surface area contributed by atoms with Gasteiger partial charge in [-0.15, -0.1) is 0 Å². The topological polar surface area (TPSA) is 45.1 Å². The number of nitrogens with one attached hydrogen (secondary N) is 1. The quantitative estimate of drug-likeness (QED) is 0.391. The number of rotatable bonds is 5. The van der Waals surface area contributed by atoms with E-state index in [9.17, 15) is 31.4 Å². The van der Waals surface area contributed by atoms with E-state index in [1.165, 1.54) is 41.7 Å². The van der Waals surface area contributed by atoms with Crippen molar-refractivity contribution in [2.75, 3.05) is 5.32 Å². The number of aliphatic hydroxyl groups is 1. The third-order valence-corrected chi connectivity index (χ3v) is 4.40. The minimum absolute atomic E-state index is 0.175. The van der Waals surface area contributed by atoms with E-state index in [0.717, 1.165) is 24.4 Å². The number of aliphatic hydroxyl groups excluding tert-OH is 1. The first-order chi connectivity index (χ1) is 14.0. The Hall–Kier alpha value is -3.07. The van der Waals surface area contributed by atoms with Crippen molar-refractivity contribution >= 4 is 5.69 Å². The SMILES string of the molecule is Cc1ccc([C@H](O)C(F)(F)c2ccc(-c3ccc(NC(F)(F)F)cc3)cn2)c(F)c1. The Bertz CT molecular complexity index is 1020. The Morgan fingerprint density at radius 3 is 2.07 bits per heavy atom. The lowest BCUT2D eigenvalue weighted by molar-refractivity contribution is -0.122. The highest BCUT2D eigenvalue weighted by molar-refractivity contribution is 5.65. The van der Waals surface area contributed by atoms with Crippen LogP contribution in [0.25, 0.3) is 11.1 Å². The molecule has 0 amide bonds. The van der Waals surface area contributed by atoms with Gasteiger partial charge >= 0.3 is 12.2 Å². The highest BCUT2D eigenvalue weighted by Gasteiger charge is 2.44. The minimum atomic E-state index is -4.58. The first-order valence-corrected chi connectivity index (χ1v) is 8.71. The normalized spacial score (nSPS) is 13.2. The predicted octanol–water partition coefficient (Wildman–Crippen LogP) is 5.95. The van der Waals surface area contributed by atoms with Gasteiger partial charge in [0, 0.05) is 23.0 Å². The Labute approximate surface area is 168 Å². The second-order valence-electron chi connectivity index (χ2n) is 6.68. The summed E-state index contributed by atoms with van der Waals surface area (Å²) in [5.41, 5.74) is -0.144. The summed E-state index contributed by atoms with van der Waals surface area (Å²) in [6, 6.07) is 10.9. The molecule has 2 N–H and O–H groups in total. The number of aryl methyl sites for hydroxylation is 1. The summed E-state index contributed by atoms with van der Waals surface area (Å²) in [4.78, 5) is 3.67. The van der Waals surface area contributed by atoms with Crippen molar-refractivity contribution in [1.29, 1.82) is 0 Å². The van der Waals surface area contributed by atoms with E-state index in [2.05, 4.69) is 4.98 Å². The van der Waals surface area contributed by atoms with E-state index in [4.69, 9.17) is 0 Å². The van der Waals surface area contributed by atoms with Crippen LogP contribution in [0.5, 0.6) is 0 Å². The van der Waals surface area contributed by atoms with Gasteiger partial charge < -0.3 is 5.11 Å². The maximum atomic E-state index is 14.7. The molecule has 30 heavy (non-hydrogen) atoms. The zero-order valence-corrected chi connectivity index (χ0v) is 15.5. The van der Waals surface area contributed by atoms with Crippen molar-refractivity contribution in [3.8, 4) is 11.1 Å². The molecule has 3 rings (SSSR count). The second-order valence-corrected chi connectivity index (χ2v) is 6.68. The molecule has 1 atom stereocenters. The Kier molecular flexibility index (Phi) is 5.76. The van der Waals surface area contributed by atoms with Crippen LogP contribution in [-0.2, 0) is 5.92 Å². The largest absolute Gasteiger partial charge is 0.482 e. The monoisotopic (exact) mass is 426 g/mol. The first-order valence-electron chi connectivity index (χ1n) is 8.71. The molecule has 0 fully saturated rings. The summed E-state index contributed by atoms with van der Waals surface area (Å²) in [6.07, 6.45) is -5.91. The summed E-state index contributed by atoms with van der Waals surface area (Å²) >= 11 is 0. The molecule has 0 saturated carbocycles. The smallest absolute Gasteiger partial charge is 0.382 e. The number of anilines is 1. The lowest BCUT2D eigenvalue weighted by Gasteiger charge is -2.23. The molecule has 1 aromatic heterocycles. The van der Waals surface area contributed by atoms with E-state index in [1.807, 2.05) is 0 Å². The van der Waals surface area contributed by atoms with Gasteiger partial charge in [0.25, 0.3) is 0 Å². The molecule has 0 aliphatic heterocycles. The fourth-order valence-electron chi connectivity index (χ4n) is 2.86. The van der Waals surface area contributed by atoms with E-state index in [0.29, 0.717) is 16.7 Å². The average molecular weight is 426 g/mol. The fraction of sp³-hybridized carbons (Fsp3) is 0.190. The number of hydrogen-bond acceptors (Lipinski definition) is 3. The van der Waals surface area contributed by atoms with Crippen molar-refractivity contribution in [1.82, 2.24) is 4.98 Å². The number of hydrogen-bond donors (Lipinski definition) is 2. The van der Waals surface area contributed by atoms with Gasteiger partial charge in [0.1, 0.15) is 11.5 Å². The lowest BCUT2D eigenvalue weighted by Crippen LogP contribution is -2.25. The van der Waals surface area contributed by atoms with Crippen LogP contribution in [0.4, 0.5) is 32.0 Å². The van der Waals surface area contributed by atoms with E-state index in [1.54, 1.807) is 6.92 Å². The molecule has 0 radical (unpaired) electrons. The second kappa shape index (κ2) is 7.98. The number of halogens is 6. The van der Waals surface area contributed by atoms with Gasteiger partial charge in [-0.25, -0.2) is 4.39 Å².